The molecule has 1 aromatic rings. The van der Waals surface area contributed by atoms with Gasteiger partial charge in [-0.1, -0.05) is 13.8 Å². The first-order valence-corrected chi connectivity index (χ1v) is 5.50. The highest BCUT2D eigenvalue weighted by molar-refractivity contribution is 5.76. The Hall–Kier alpha value is -1.58. The summed E-state index contributed by atoms with van der Waals surface area (Å²) in [5, 5.41) is 2.84. The van der Waals surface area contributed by atoms with E-state index in [0.717, 1.165) is 6.29 Å². The Morgan fingerprint density at radius 2 is 2.31 bits per heavy atom. The number of amides is 1. The van der Waals surface area contributed by atoms with E-state index in [9.17, 15) is 9.59 Å². The number of nitrogens with one attached hydrogen (secondary N) is 1. The molecule has 1 heterocycles. The SMILES string of the molecule is CC(C)CNC(=O)CCn1cccc1C=O. The fourth-order valence-electron chi connectivity index (χ4n) is 1.37. The third kappa shape index (κ3) is 3.88. The smallest absolute Gasteiger partial charge is 0.221 e. The van der Waals surface area contributed by atoms with Gasteiger partial charge in [-0.15, -0.1) is 0 Å². The van der Waals surface area contributed by atoms with Crippen LogP contribution in [0, 0.1) is 5.92 Å². The van der Waals surface area contributed by atoms with Gasteiger partial charge < -0.3 is 9.88 Å². The Labute approximate surface area is 95.6 Å². The molecule has 0 spiro atoms. The highest BCUT2D eigenvalue weighted by atomic mass is 16.1. The summed E-state index contributed by atoms with van der Waals surface area (Å²) in [7, 11) is 0. The lowest BCUT2D eigenvalue weighted by Crippen LogP contribution is -2.28. The zero-order chi connectivity index (χ0) is 12.0. The van der Waals surface area contributed by atoms with E-state index >= 15 is 0 Å². The van der Waals surface area contributed by atoms with Crippen LogP contribution >= 0.6 is 0 Å². The molecule has 4 heteroatoms. The highest BCUT2D eigenvalue weighted by Crippen LogP contribution is 2.00. The maximum absolute atomic E-state index is 11.4. The molecule has 0 aromatic carbocycles. The number of aryl methyl sites for hydroxylation is 1. The van der Waals surface area contributed by atoms with Gasteiger partial charge in [-0.2, -0.15) is 0 Å². The molecule has 0 aliphatic heterocycles. The fourth-order valence-corrected chi connectivity index (χ4v) is 1.37. The number of hydrogen-bond donors (Lipinski definition) is 1. The zero-order valence-electron chi connectivity index (χ0n) is 9.77. The molecule has 0 saturated heterocycles. The minimum Gasteiger partial charge on any atom is -0.356 e. The number of carbonyl (C=O) groups excluding carboxylic acids is 2. The molecule has 1 N–H and O–H groups in total. The van der Waals surface area contributed by atoms with Gasteiger partial charge in [-0.05, 0) is 18.1 Å². The van der Waals surface area contributed by atoms with E-state index in [4.69, 9.17) is 0 Å². The molecule has 0 bridgehead atoms. The number of aldehydes is 1. The lowest BCUT2D eigenvalue weighted by Gasteiger charge is -2.08. The average Bonchev–Trinajstić information content (AvgIpc) is 2.70. The molecule has 1 amide bonds. The summed E-state index contributed by atoms with van der Waals surface area (Å²) in [6.45, 7) is 5.35. The van der Waals surface area contributed by atoms with Crippen molar-refractivity contribution in [1.82, 2.24) is 9.88 Å². The summed E-state index contributed by atoms with van der Waals surface area (Å²) >= 11 is 0. The number of aromatic nitrogens is 1. The van der Waals surface area contributed by atoms with E-state index in [-0.39, 0.29) is 5.91 Å². The molecule has 0 fully saturated rings. The Morgan fingerprint density at radius 1 is 1.56 bits per heavy atom. The Bertz CT molecular complexity index is 356. The minimum absolute atomic E-state index is 0.0271. The molecule has 4 nitrogen and oxygen atoms in total. The summed E-state index contributed by atoms with van der Waals surface area (Å²) < 4.78 is 1.78. The van der Waals surface area contributed by atoms with Crippen LogP contribution in [-0.4, -0.2) is 23.3 Å². The summed E-state index contributed by atoms with van der Waals surface area (Å²) in [5.41, 5.74) is 0.608. The molecular formula is C12H18N2O2. The van der Waals surface area contributed by atoms with Crippen molar-refractivity contribution in [1.29, 1.82) is 0 Å². The van der Waals surface area contributed by atoms with E-state index in [1.54, 1.807) is 22.9 Å². The predicted octanol–water partition coefficient (Wildman–Crippen LogP) is 1.46. The molecule has 16 heavy (non-hydrogen) atoms. The van der Waals surface area contributed by atoms with Gasteiger partial charge in [0.2, 0.25) is 5.91 Å². The molecule has 0 aliphatic rings. The quantitative estimate of drug-likeness (QED) is 0.741. The van der Waals surface area contributed by atoms with Crippen molar-refractivity contribution >= 4 is 12.2 Å². The maximum Gasteiger partial charge on any atom is 0.221 e. The number of nitrogens with zero attached hydrogens (tertiary/aromatic N) is 1. The van der Waals surface area contributed by atoms with Gasteiger partial charge in [-0.3, -0.25) is 9.59 Å². The molecule has 1 aromatic heterocycles. The highest BCUT2D eigenvalue weighted by Gasteiger charge is 2.04. The summed E-state index contributed by atoms with van der Waals surface area (Å²) in [6, 6.07) is 3.54. The molecule has 88 valence electrons. The topological polar surface area (TPSA) is 51.1 Å². The van der Waals surface area contributed by atoms with Gasteiger partial charge >= 0.3 is 0 Å². The van der Waals surface area contributed by atoms with Gasteiger partial charge in [0.1, 0.15) is 0 Å². The molecule has 0 radical (unpaired) electrons. The lowest BCUT2D eigenvalue weighted by molar-refractivity contribution is -0.121. The van der Waals surface area contributed by atoms with E-state index in [1.807, 2.05) is 0 Å². The minimum atomic E-state index is 0.0271. The standard InChI is InChI=1S/C12H18N2O2/c1-10(2)8-13-12(16)5-7-14-6-3-4-11(14)9-15/h3-4,6,9-10H,5,7-8H2,1-2H3,(H,13,16). The predicted molar refractivity (Wildman–Crippen MR) is 62.3 cm³/mol. The number of rotatable bonds is 6. The number of carbonyl (C=O) groups is 2. The van der Waals surface area contributed by atoms with Crippen LogP contribution in [0.2, 0.25) is 0 Å². The van der Waals surface area contributed by atoms with Gasteiger partial charge in [0, 0.05) is 25.7 Å². The second-order valence-corrected chi connectivity index (χ2v) is 4.19. The van der Waals surface area contributed by atoms with Crippen LogP contribution in [0.4, 0.5) is 0 Å². The van der Waals surface area contributed by atoms with Gasteiger partial charge in [0.25, 0.3) is 0 Å². The van der Waals surface area contributed by atoms with Crippen molar-refractivity contribution in [3.63, 3.8) is 0 Å². The fraction of sp³-hybridized carbons (Fsp3) is 0.500. The second-order valence-electron chi connectivity index (χ2n) is 4.19. The molecule has 1 rings (SSSR count). The summed E-state index contributed by atoms with van der Waals surface area (Å²) in [4.78, 5) is 22.1. The van der Waals surface area contributed by atoms with Crippen molar-refractivity contribution in [3.05, 3.63) is 24.0 Å². The normalized spacial score (nSPS) is 10.4. The van der Waals surface area contributed by atoms with Crippen molar-refractivity contribution in [2.45, 2.75) is 26.8 Å². The van der Waals surface area contributed by atoms with Crippen LogP contribution in [0.25, 0.3) is 0 Å². The first kappa shape index (κ1) is 12.5. The first-order valence-electron chi connectivity index (χ1n) is 5.50. The van der Waals surface area contributed by atoms with Crippen LogP contribution in [0.1, 0.15) is 30.8 Å². The first-order chi connectivity index (χ1) is 7.63. The maximum atomic E-state index is 11.4. The molecule has 0 aliphatic carbocycles. The van der Waals surface area contributed by atoms with Crippen LogP contribution in [0.3, 0.4) is 0 Å². The third-order valence-corrected chi connectivity index (χ3v) is 2.27. The van der Waals surface area contributed by atoms with E-state index in [0.29, 0.717) is 31.1 Å². The Balaban J connectivity index is 2.34. The van der Waals surface area contributed by atoms with E-state index < -0.39 is 0 Å². The second kappa shape index (κ2) is 6.10. The largest absolute Gasteiger partial charge is 0.356 e. The van der Waals surface area contributed by atoms with E-state index in [2.05, 4.69) is 19.2 Å². The summed E-state index contributed by atoms with van der Waals surface area (Å²) in [5.74, 6) is 0.486. The molecule has 0 unspecified atom stereocenters. The third-order valence-electron chi connectivity index (χ3n) is 2.27. The average molecular weight is 222 g/mol. The van der Waals surface area contributed by atoms with Crippen molar-refractivity contribution in [2.75, 3.05) is 6.54 Å². The Morgan fingerprint density at radius 3 is 2.94 bits per heavy atom. The van der Waals surface area contributed by atoms with Crippen molar-refractivity contribution in [3.8, 4) is 0 Å². The van der Waals surface area contributed by atoms with Crippen LogP contribution in [0.15, 0.2) is 18.3 Å². The van der Waals surface area contributed by atoms with Gasteiger partial charge in [0.05, 0.1) is 5.69 Å². The van der Waals surface area contributed by atoms with Crippen LogP contribution in [-0.2, 0) is 11.3 Å². The van der Waals surface area contributed by atoms with Crippen molar-refractivity contribution in [2.24, 2.45) is 5.92 Å². The van der Waals surface area contributed by atoms with Crippen LogP contribution in [0.5, 0.6) is 0 Å². The molecular weight excluding hydrogens is 204 g/mol. The van der Waals surface area contributed by atoms with Gasteiger partial charge in [-0.25, -0.2) is 0 Å². The monoisotopic (exact) mass is 222 g/mol. The van der Waals surface area contributed by atoms with Crippen LogP contribution < -0.4 is 5.32 Å². The van der Waals surface area contributed by atoms with E-state index in [1.165, 1.54) is 0 Å². The molecule has 0 saturated carbocycles. The van der Waals surface area contributed by atoms with Crippen molar-refractivity contribution < 1.29 is 9.59 Å². The number of hydrogen-bond acceptors (Lipinski definition) is 2. The lowest BCUT2D eigenvalue weighted by atomic mass is 10.2. The Kier molecular flexibility index (Phi) is 4.76. The molecule has 0 atom stereocenters. The zero-order valence-corrected chi connectivity index (χ0v) is 9.77. The van der Waals surface area contributed by atoms with Gasteiger partial charge in [0.15, 0.2) is 6.29 Å². The summed E-state index contributed by atoms with van der Waals surface area (Å²) in [6.07, 6.45) is 3.01.